The van der Waals surface area contributed by atoms with Gasteiger partial charge in [-0.1, -0.05) is 42.5 Å². The smallest absolute Gasteiger partial charge is 0.166 e. The van der Waals surface area contributed by atoms with E-state index in [-0.39, 0.29) is 17.5 Å². The van der Waals surface area contributed by atoms with E-state index in [4.69, 9.17) is 0 Å². The molecule has 0 aromatic heterocycles. The standard InChI is InChI=1S/C22H20O2/c23-20-11-12-21-19(14-20)10-9-17(22(21)24)8-6-15-5-7-16-3-1-2-4-18(16)13-15/h1-5,7,11-14,17,23H,6,8-10H2. The van der Waals surface area contributed by atoms with Gasteiger partial charge in [-0.3, -0.25) is 4.79 Å². The van der Waals surface area contributed by atoms with Gasteiger partial charge in [0, 0.05) is 11.5 Å². The van der Waals surface area contributed by atoms with Crippen LogP contribution in [0.1, 0.15) is 34.3 Å². The summed E-state index contributed by atoms with van der Waals surface area (Å²) in [4.78, 5) is 12.7. The molecule has 0 amide bonds. The second kappa shape index (κ2) is 6.12. The van der Waals surface area contributed by atoms with Gasteiger partial charge < -0.3 is 5.11 Å². The number of carbonyl (C=O) groups is 1. The molecule has 2 nitrogen and oxygen atoms in total. The molecule has 3 aromatic rings. The lowest BCUT2D eigenvalue weighted by Gasteiger charge is -2.23. The molecular formula is C22H20O2. The molecule has 0 radical (unpaired) electrons. The average Bonchev–Trinajstić information content (AvgIpc) is 2.61. The number of aryl methyl sites for hydroxylation is 2. The van der Waals surface area contributed by atoms with Crippen LogP contribution in [0.5, 0.6) is 5.75 Å². The minimum absolute atomic E-state index is 0.0912. The number of rotatable bonds is 3. The summed E-state index contributed by atoms with van der Waals surface area (Å²) in [7, 11) is 0. The van der Waals surface area contributed by atoms with Crippen LogP contribution >= 0.6 is 0 Å². The van der Waals surface area contributed by atoms with Gasteiger partial charge in [-0.05, 0) is 65.8 Å². The number of ketones is 1. The van der Waals surface area contributed by atoms with E-state index in [0.717, 1.165) is 36.8 Å². The van der Waals surface area contributed by atoms with E-state index in [1.54, 1.807) is 18.2 Å². The molecule has 3 aromatic carbocycles. The molecule has 1 atom stereocenters. The first-order valence-corrected chi connectivity index (χ1v) is 8.54. The minimum atomic E-state index is 0.0912. The molecule has 0 saturated carbocycles. The molecular weight excluding hydrogens is 296 g/mol. The maximum atomic E-state index is 12.7. The molecule has 0 spiro atoms. The summed E-state index contributed by atoms with van der Waals surface area (Å²) in [5.41, 5.74) is 3.07. The lowest BCUT2D eigenvalue weighted by atomic mass is 9.80. The number of phenolic OH excluding ortho intramolecular Hbond substituents is 1. The van der Waals surface area contributed by atoms with Crippen molar-refractivity contribution in [3.05, 3.63) is 77.4 Å². The van der Waals surface area contributed by atoms with E-state index in [2.05, 4.69) is 42.5 Å². The number of Topliss-reactive ketones (excluding diaryl/α,β-unsaturated/α-hetero) is 1. The van der Waals surface area contributed by atoms with Crippen molar-refractivity contribution >= 4 is 16.6 Å². The lowest BCUT2D eigenvalue weighted by molar-refractivity contribution is 0.0895. The predicted octanol–water partition coefficient (Wildman–Crippen LogP) is 4.92. The largest absolute Gasteiger partial charge is 0.508 e. The fourth-order valence-corrected chi connectivity index (χ4v) is 3.72. The normalized spacial score (nSPS) is 17.0. The van der Waals surface area contributed by atoms with Gasteiger partial charge in [0.1, 0.15) is 5.75 Å². The number of aromatic hydroxyl groups is 1. The highest BCUT2D eigenvalue weighted by Gasteiger charge is 2.27. The number of fused-ring (bicyclic) bond motifs is 2. The fourth-order valence-electron chi connectivity index (χ4n) is 3.72. The highest BCUT2D eigenvalue weighted by Crippen LogP contribution is 2.31. The average molecular weight is 316 g/mol. The lowest BCUT2D eigenvalue weighted by Crippen LogP contribution is -2.23. The van der Waals surface area contributed by atoms with Crippen LogP contribution in [0.2, 0.25) is 0 Å². The van der Waals surface area contributed by atoms with Crippen molar-refractivity contribution in [2.75, 3.05) is 0 Å². The highest BCUT2D eigenvalue weighted by molar-refractivity contribution is 6.00. The zero-order chi connectivity index (χ0) is 16.5. The Balaban J connectivity index is 1.49. The summed E-state index contributed by atoms with van der Waals surface area (Å²) >= 11 is 0. The summed E-state index contributed by atoms with van der Waals surface area (Å²) in [5.74, 6) is 0.571. The third-order valence-corrected chi connectivity index (χ3v) is 5.08. The monoisotopic (exact) mass is 316 g/mol. The van der Waals surface area contributed by atoms with Crippen molar-refractivity contribution in [3.63, 3.8) is 0 Å². The second-order valence-corrected chi connectivity index (χ2v) is 6.66. The second-order valence-electron chi connectivity index (χ2n) is 6.66. The van der Waals surface area contributed by atoms with Crippen molar-refractivity contribution < 1.29 is 9.90 Å². The zero-order valence-corrected chi connectivity index (χ0v) is 13.5. The van der Waals surface area contributed by atoms with Gasteiger partial charge in [-0.25, -0.2) is 0 Å². The fraction of sp³-hybridized carbons (Fsp3) is 0.227. The Morgan fingerprint density at radius 2 is 1.79 bits per heavy atom. The third-order valence-electron chi connectivity index (χ3n) is 5.08. The molecule has 0 heterocycles. The Labute approximate surface area is 141 Å². The number of benzene rings is 3. The molecule has 120 valence electrons. The molecule has 0 fully saturated rings. The summed E-state index contributed by atoms with van der Waals surface area (Å²) < 4.78 is 0. The molecule has 1 N–H and O–H groups in total. The maximum absolute atomic E-state index is 12.7. The first kappa shape index (κ1) is 14.9. The van der Waals surface area contributed by atoms with Crippen molar-refractivity contribution in [1.29, 1.82) is 0 Å². The Morgan fingerprint density at radius 1 is 0.958 bits per heavy atom. The molecule has 1 aliphatic carbocycles. The van der Waals surface area contributed by atoms with Crippen LogP contribution in [0.3, 0.4) is 0 Å². The molecule has 1 unspecified atom stereocenters. The third kappa shape index (κ3) is 2.80. The van der Waals surface area contributed by atoms with E-state index in [1.165, 1.54) is 16.3 Å². The van der Waals surface area contributed by atoms with Crippen molar-refractivity contribution in [1.82, 2.24) is 0 Å². The molecule has 0 aliphatic heterocycles. The number of hydrogen-bond acceptors (Lipinski definition) is 2. The van der Waals surface area contributed by atoms with Gasteiger partial charge in [-0.2, -0.15) is 0 Å². The Kier molecular flexibility index (Phi) is 3.81. The number of hydrogen-bond donors (Lipinski definition) is 1. The molecule has 0 saturated heterocycles. The zero-order valence-electron chi connectivity index (χ0n) is 13.5. The van der Waals surface area contributed by atoms with Crippen LogP contribution in [-0.4, -0.2) is 10.9 Å². The summed E-state index contributed by atoms with van der Waals surface area (Å²) in [5, 5.41) is 12.1. The first-order chi connectivity index (χ1) is 11.7. The van der Waals surface area contributed by atoms with E-state index < -0.39 is 0 Å². The first-order valence-electron chi connectivity index (χ1n) is 8.54. The van der Waals surface area contributed by atoms with Gasteiger partial charge in [-0.15, -0.1) is 0 Å². The van der Waals surface area contributed by atoms with Crippen LogP contribution in [-0.2, 0) is 12.8 Å². The summed E-state index contributed by atoms with van der Waals surface area (Å²) in [6, 6.07) is 20.0. The Morgan fingerprint density at radius 3 is 2.67 bits per heavy atom. The van der Waals surface area contributed by atoms with Crippen LogP contribution in [0.25, 0.3) is 10.8 Å². The van der Waals surface area contributed by atoms with Crippen molar-refractivity contribution in [2.24, 2.45) is 5.92 Å². The van der Waals surface area contributed by atoms with Gasteiger partial charge in [0.15, 0.2) is 5.78 Å². The molecule has 1 aliphatic rings. The Hall–Kier alpha value is -2.61. The van der Waals surface area contributed by atoms with Gasteiger partial charge in [0.05, 0.1) is 0 Å². The van der Waals surface area contributed by atoms with Crippen LogP contribution in [0.15, 0.2) is 60.7 Å². The predicted molar refractivity (Wildman–Crippen MR) is 96.5 cm³/mol. The number of phenols is 1. The van der Waals surface area contributed by atoms with Crippen LogP contribution in [0, 0.1) is 5.92 Å². The van der Waals surface area contributed by atoms with Crippen LogP contribution in [0.4, 0.5) is 0 Å². The summed E-state index contributed by atoms with van der Waals surface area (Å²) in [6.45, 7) is 0. The molecule has 24 heavy (non-hydrogen) atoms. The molecule has 4 rings (SSSR count). The van der Waals surface area contributed by atoms with E-state index in [0.29, 0.717) is 0 Å². The maximum Gasteiger partial charge on any atom is 0.166 e. The number of carbonyl (C=O) groups excluding carboxylic acids is 1. The van der Waals surface area contributed by atoms with Gasteiger partial charge in [0.2, 0.25) is 0 Å². The quantitative estimate of drug-likeness (QED) is 0.744. The summed E-state index contributed by atoms with van der Waals surface area (Å²) in [6.07, 6.45) is 3.56. The van der Waals surface area contributed by atoms with E-state index >= 15 is 0 Å². The topological polar surface area (TPSA) is 37.3 Å². The van der Waals surface area contributed by atoms with E-state index in [9.17, 15) is 9.90 Å². The van der Waals surface area contributed by atoms with Gasteiger partial charge >= 0.3 is 0 Å². The molecule has 0 bridgehead atoms. The minimum Gasteiger partial charge on any atom is -0.508 e. The van der Waals surface area contributed by atoms with Gasteiger partial charge in [0.25, 0.3) is 0 Å². The van der Waals surface area contributed by atoms with Crippen molar-refractivity contribution in [2.45, 2.75) is 25.7 Å². The SMILES string of the molecule is O=C1c2ccc(O)cc2CCC1CCc1ccc2ccccc2c1. The Bertz CT molecular complexity index is 911. The van der Waals surface area contributed by atoms with E-state index in [1.807, 2.05) is 0 Å². The van der Waals surface area contributed by atoms with Crippen LogP contribution < -0.4 is 0 Å². The van der Waals surface area contributed by atoms with Crippen molar-refractivity contribution in [3.8, 4) is 5.75 Å². The highest BCUT2D eigenvalue weighted by atomic mass is 16.3. The molecule has 2 heteroatoms.